The second-order valence-electron chi connectivity index (χ2n) is 4.96. The van der Waals surface area contributed by atoms with Crippen LogP contribution in [0.4, 0.5) is 13.2 Å². The van der Waals surface area contributed by atoms with E-state index < -0.39 is 17.3 Å². The molecule has 0 fully saturated rings. The number of pyridine rings is 1. The van der Waals surface area contributed by atoms with Crippen LogP contribution in [0, 0.1) is 0 Å². The summed E-state index contributed by atoms with van der Waals surface area (Å²) in [6.45, 7) is 0.280. The number of thioether (sulfide) groups is 1. The molecule has 1 aromatic carbocycles. The molecule has 3 rings (SSSR count). The van der Waals surface area contributed by atoms with Crippen LogP contribution in [0.3, 0.4) is 0 Å². The molecule has 0 amide bonds. The number of halogens is 3. The first-order chi connectivity index (χ1) is 9.93. The van der Waals surface area contributed by atoms with Crippen LogP contribution in [0.15, 0.2) is 52.3 Å². The van der Waals surface area contributed by atoms with E-state index in [-0.39, 0.29) is 11.8 Å². The first-order valence-electron chi connectivity index (χ1n) is 6.46. The fourth-order valence-corrected chi connectivity index (χ4v) is 3.73. The van der Waals surface area contributed by atoms with Gasteiger partial charge in [-0.05, 0) is 24.1 Å². The molecule has 0 saturated carbocycles. The zero-order valence-corrected chi connectivity index (χ0v) is 11.7. The van der Waals surface area contributed by atoms with Gasteiger partial charge < -0.3 is 4.57 Å². The summed E-state index contributed by atoms with van der Waals surface area (Å²) in [6, 6.07) is 9.69. The van der Waals surface area contributed by atoms with Gasteiger partial charge >= 0.3 is 6.18 Å². The maximum absolute atomic E-state index is 12.7. The summed E-state index contributed by atoms with van der Waals surface area (Å²) in [4.78, 5) is 12.9. The Hall–Kier alpha value is -1.69. The summed E-state index contributed by atoms with van der Waals surface area (Å²) >= 11 is 1.61. The van der Waals surface area contributed by atoms with E-state index in [1.54, 1.807) is 11.8 Å². The van der Waals surface area contributed by atoms with Crippen molar-refractivity contribution in [3.63, 3.8) is 0 Å². The van der Waals surface area contributed by atoms with Gasteiger partial charge in [0.05, 0.1) is 5.56 Å². The lowest BCUT2D eigenvalue weighted by molar-refractivity contribution is -0.138. The maximum Gasteiger partial charge on any atom is 0.417 e. The molecule has 1 atom stereocenters. The predicted molar refractivity (Wildman–Crippen MR) is 75.5 cm³/mol. The third kappa shape index (κ3) is 3.00. The highest BCUT2D eigenvalue weighted by Crippen LogP contribution is 2.37. The molecule has 1 unspecified atom stereocenters. The monoisotopic (exact) mass is 311 g/mol. The van der Waals surface area contributed by atoms with Crippen LogP contribution in [0.1, 0.15) is 11.1 Å². The second kappa shape index (κ2) is 5.26. The Bertz CT molecular complexity index is 698. The maximum atomic E-state index is 12.7. The van der Waals surface area contributed by atoms with Crippen molar-refractivity contribution in [1.29, 1.82) is 0 Å². The van der Waals surface area contributed by atoms with Gasteiger partial charge in [-0.2, -0.15) is 13.2 Å². The lowest BCUT2D eigenvalue weighted by Gasteiger charge is -2.13. The van der Waals surface area contributed by atoms with Crippen molar-refractivity contribution < 1.29 is 13.2 Å². The third-order valence-electron chi connectivity index (χ3n) is 3.42. The molecule has 0 spiro atoms. The van der Waals surface area contributed by atoms with E-state index in [1.165, 1.54) is 5.56 Å². The molecule has 2 heterocycles. The Labute approximate surface area is 123 Å². The normalized spacial score (nSPS) is 17.8. The highest BCUT2D eigenvalue weighted by atomic mass is 32.2. The number of aromatic nitrogens is 1. The fourth-order valence-electron chi connectivity index (χ4n) is 2.42. The predicted octanol–water partition coefficient (Wildman–Crippen LogP) is 3.58. The van der Waals surface area contributed by atoms with Crippen molar-refractivity contribution in [3.8, 4) is 0 Å². The van der Waals surface area contributed by atoms with Gasteiger partial charge in [0.2, 0.25) is 0 Å². The van der Waals surface area contributed by atoms with E-state index >= 15 is 0 Å². The first-order valence-corrected chi connectivity index (χ1v) is 7.34. The molecule has 0 N–H and O–H groups in total. The average Bonchev–Trinajstić information content (AvgIpc) is 2.82. The lowest BCUT2D eigenvalue weighted by atomic mass is 10.1. The largest absolute Gasteiger partial charge is 0.417 e. The summed E-state index contributed by atoms with van der Waals surface area (Å²) in [5.74, 6) is 0. The van der Waals surface area contributed by atoms with Crippen LogP contribution in [-0.4, -0.2) is 9.82 Å². The molecule has 110 valence electrons. The standard InChI is InChI=1S/C15H12F3NOS/c16-15(17,18)11-5-6-14(20)19(8-11)9-12-7-10-3-1-2-4-13(10)21-12/h1-6,8,12H,7,9H2. The zero-order valence-electron chi connectivity index (χ0n) is 10.9. The van der Waals surface area contributed by atoms with Crippen molar-refractivity contribution >= 4 is 11.8 Å². The Kier molecular flexibility index (Phi) is 3.57. The minimum atomic E-state index is -4.43. The average molecular weight is 311 g/mol. The SMILES string of the molecule is O=c1ccc(C(F)(F)F)cn1CC1Cc2ccccc2S1. The molecule has 0 bridgehead atoms. The summed E-state index contributed by atoms with van der Waals surface area (Å²) in [5.41, 5.74) is -0.00491. The van der Waals surface area contributed by atoms with Crippen molar-refractivity contribution in [1.82, 2.24) is 4.57 Å². The van der Waals surface area contributed by atoms with E-state index in [1.807, 2.05) is 24.3 Å². The van der Waals surface area contributed by atoms with Gasteiger partial charge in [-0.15, -0.1) is 11.8 Å². The molecule has 1 aliphatic heterocycles. The highest BCUT2D eigenvalue weighted by molar-refractivity contribution is 8.00. The van der Waals surface area contributed by atoms with E-state index in [4.69, 9.17) is 0 Å². The minimum absolute atomic E-state index is 0.0867. The van der Waals surface area contributed by atoms with Crippen LogP contribution < -0.4 is 5.56 Å². The topological polar surface area (TPSA) is 22.0 Å². The van der Waals surface area contributed by atoms with Crippen molar-refractivity contribution in [3.05, 3.63) is 64.1 Å². The van der Waals surface area contributed by atoms with Gasteiger partial charge in [-0.25, -0.2) is 0 Å². The van der Waals surface area contributed by atoms with Gasteiger partial charge in [0.25, 0.3) is 5.56 Å². The van der Waals surface area contributed by atoms with Crippen LogP contribution in [0.2, 0.25) is 0 Å². The number of hydrogen-bond donors (Lipinski definition) is 0. The van der Waals surface area contributed by atoms with Crippen LogP contribution in [0.25, 0.3) is 0 Å². The van der Waals surface area contributed by atoms with Gasteiger partial charge in [-0.1, -0.05) is 18.2 Å². The molecule has 2 aromatic rings. The second-order valence-corrected chi connectivity index (χ2v) is 6.30. The van der Waals surface area contributed by atoms with Crippen molar-refractivity contribution in [2.45, 2.75) is 29.3 Å². The molecule has 0 aliphatic carbocycles. The lowest BCUT2D eigenvalue weighted by Crippen LogP contribution is -2.25. The minimum Gasteiger partial charge on any atom is -0.314 e. The molecule has 2 nitrogen and oxygen atoms in total. The van der Waals surface area contributed by atoms with E-state index in [2.05, 4.69) is 0 Å². The fraction of sp³-hybridized carbons (Fsp3) is 0.267. The molecule has 21 heavy (non-hydrogen) atoms. The molecule has 0 radical (unpaired) electrons. The van der Waals surface area contributed by atoms with Gasteiger partial charge in [0.15, 0.2) is 0 Å². The van der Waals surface area contributed by atoms with Crippen molar-refractivity contribution in [2.75, 3.05) is 0 Å². The first kappa shape index (κ1) is 14.3. The number of rotatable bonds is 2. The summed E-state index contributed by atoms with van der Waals surface area (Å²) in [6.07, 6.45) is -2.75. The highest BCUT2D eigenvalue weighted by Gasteiger charge is 2.31. The molecule has 1 aliphatic rings. The van der Waals surface area contributed by atoms with E-state index in [0.29, 0.717) is 0 Å². The summed E-state index contributed by atoms with van der Waals surface area (Å²) in [7, 11) is 0. The number of benzene rings is 1. The molecule has 6 heteroatoms. The Balaban J connectivity index is 1.82. The zero-order chi connectivity index (χ0) is 15.0. The Morgan fingerprint density at radius 2 is 1.95 bits per heavy atom. The summed E-state index contributed by atoms with van der Waals surface area (Å²) in [5, 5.41) is 0.0867. The van der Waals surface area contributed by atoms with Gasteiger partial charge in [0, 0.05) is 29.0 Å². The van der Waals surface area contributed by atoms with E-state index in [0.717, 1.165) is 34.2 Å². The molecule has 0 saturated heterocycles. The van der Waals surface area contributed by atoms with Gasteiger partial charge in [0.1, 0.15) is 0 Å². The molecular weight excluding hydrogens is 299 g/mol. The Morgan fingerprint density at radius 1 is 1.19 bits per heavy atom. The molecular formula is C15H12F3NOS. The van der Waals surface area contributed by atoms with Crippen molar-refractivity contribution in [2.24, 2.45) is 0 Å². The van der Waals surface area contributed by atoms with Crippen LogP contribution in [-0.2, 0) is 19.1 Å². The van der Waals surface area contributed by atoms with Gasteiger partial charge in [-0.3, -0.25) is 4.79 Å². The smallest absolute Gasteiger partial charge is 0.314 e. The number of hydrogen-bond acceptors (Lipinski definition) is 2. The quantitative estimate of drug-likeness (QED) is 0.845. The number of fused-ring (bicyclic) bond motifs is 1. The number of nitrogens with zero attached hydrogens (tertiary/aromatic N) is 1. The number of alkyl halides is 3. The summed E-state index contributed by atoms with van der Waals surface area (Å²) < 4.78 is 39.3. The molecule has 1 aromatic heterocycles. The Morgan fingerprint density at radius 3 is 2.67 bits per heavy atom. The van der Waals surface area contributed by atoms with E-state index in [9.17, 15) is 18.0 Å². The third-order valence-corrected chi connectivity index (χ3v) is 4.73. The van der Waals surface area contributed by atoms with Crippen LogP contribution in [0.5, 0.6) is 0 Å². The van der Waals surface area contributed by atoms with Crippen LogP contribution >= 0.6 is 11.8 Å².